The molecule has 1 aliphatic rings. The van der Waals surface area contributed by atoms with E-state index in [0.717, 1.165) is 5.52 Å². The van der Waals surface area contributed by atoms with Gasteiger partial charge in [0, 0.05) is 35.9 Å². The molecule has 4 rings (SSSR count). The van der Waals surface area contributed by atoms with Crippen LogP contribution < -0.4 is 10.6 Å². The summed E-state index contributed by atoms with van der Waals surface area (Å²) in [6.45, 7) is 0. The molecule has 2 heterocycles. The number of nitrogens with zero attached hydrogens (tertiary/aromatic N) is 1. The molecule has 2 aromatic heterocycles. The first-order valence-corrected chi connectivity index (χ1v) is 9.60. The number of hydrogen-bond donors (Lipinski definition) is 4. The summed E-state index contributed by atoms with van der Waals surface area (Å²) in [7, 11) is 0. The van der Waals surface area contributed by atoms with E-state index >= 15 is 0 Å². The van der Waals surface area contributed by atoms with Gasteiger partial charge in [-0.05, 0) is 37.1 Å². The Hall–Kier alpha value is -2.87. The lowest BCUT2D eigenvalue weighted by Crippen LogP contribution is -2.24. The molecule has 29 heavy (non-hydrogen) atoms. The van der Waals surface area contributed by atoms with Crippen LogP contribution in [0.5, 0.6) is 5.75 Å². The fourth-order valence-corrected chi connectivity index (χ4v) is 3.95. The molecule has 0 saturated heterocycles. The zero-order valence-corrected chi connectivity index (χ0v) is 16.1. The second-order valence-corrected chi connectivity index (χ2v) is 7.64. The van der Waals surface area contributed by atoms with Crippen molar-refractivity contribution in [2.45, 2.75) is 37.5 Å². The van der Waals surface area contributed by atoms with E-state index in [9.17, 15) is 18.7 Å². The Morgan fingerprint density at radius 3 is 2.72 bits per heavy atom. The van der Waals surface area contributed by atoms with E-state index in [-0.39, 0.29) is 24.5 Å². The van der Waals surface area contributed by atoms with Crippen LogP contribution in [0.1, 0.15) is 37.3 Å². The number of urea groups is 1. The zero-order valence-electron chi connectivity index (χ0n) is 15.3. The van der Waals surface area contributed by atoms with Crippen LogP contribution in [-0.2, 0) is 0 Å². The highest BCUT2D eigenvalue weighted by Crippen LogP contribution is 2.42. The zero-order chi connectivity index (χ0) is 20.6. The van der Waals surface area contributed by atoms with Gasteiger partial charge >= 0.3 is 6.03 Å². The Morgan fingerprint density at radius 1 is 1.24 bits per heavy atom. The summed E-state index contributed by atoms with van der Waals surface area (Å²) in [5.41, 5.74) is 2.25. The molecule has 4 N–H and O–H groups in total. The molecule has 0 radical (unpaired) electrons. The number of hydrogen-bond acceptors (Lipinski definition) is 3. The fourth-order valence-electron chi connectivity index (χ4n) is 3.63. The van der Waals surface area contributed by atoms with Gasteiger partial charge in [-0.15, -0.1) is 0 Å². The number of carbonyl (C=O) groups excluding carboxylic acids is 1. The maximum Gasteiger partial charge on any atom is 0.323 e. The van der Waals surface area contributed by atoms with E-state index in [2.05, 4.69) is 20.6 Å². The first-order chi connectivity index (χ1) is 13.8. The van der Waals surface area contributed by atoms with Crippen molar-refractivity contribution in [3.63, 3.8) is 0 Å². The molecule has 0 aliphatic heterocycles. The van der Waals surface area contributed by atoms with E-state index in [4.69, 9.17) is 11.6 Å². The number of benzene rings is 1. The predicted molar refractivity (Wildman–Crippen MR) is 108 cm³/mol. The first-order valence-electron chi connectivity index (χ1n) is 9.22. The van der Waals surface area contributed by atoms with Crippen LogP contribution in [0.15, 0.2) is 36.7 Å². The van der Waals surface area contributed by atoms with Gasteiger partial charge in [0.25, 0.3) is 0 Å². The molecule has 3 aromatic rings. The number of aromatic hydroxyl groups is 1. The molecule has 0 spiro atoms. The van der Waals surface area contributed by atoms with Crippen molar-refractivity contribution in [1.29, 1.82) is 0 Å². The maximum absolute atomic E-state index is 13.4. The lowest BCUT2D eigenvalue weighted by atomic mass is 9.84. The Labute approximate surface area is 170 Å². The number of pyridine rings is 1. The standard InChI is InChI=1S/C20H19ClF2N4O2/c21-15-7-12(9-25-18(15)11-3-5-20(22,23)6-4-11)26-19(29)27-17-10-24-16-2-1-13(28)8-14(16)17/h1-2,7-11,24,28H,3-6H2,(H2,26,27,29). The van der Waals surface area contributed by atoms with Crippen molar-refractivity contribution in [3.05, 3.63) is 47.4 Å². The van der Waals surface area contributed by atoms with Gasteiger partial charge < -0.3 is 20.7 Å². The topological polar surface area (TPSA) is 90.0 Å². The number of fused-ring (bicyclic) bond motifs is 1. The highest BCUT2D eigenvalue weighted by Gasteiger charge is 2.36. The third-order valence-electron chi connectivity index (χ3n) is 5.14. The summed E-state index contributed by atoms with van der Waals surface area (Å²) in [6.07, 6.45) is 3.42. The second kappa shape index (κ2) is 7.51. The largest absolute Gasteiger partial charge is 0.508 e. The maximum atomic E-state index is 13.4. The van der Waals surface area contributed by atoms with Gasteiger partial charge in [0.05, 0.1) is 28.3 Å². The van der Waals surface area contributed by atoms with Crippen molar-refractivity contribution in [1.82, 2.24) is 9.97 Å². The van der Waals surface area contributed by atoms with Gasteiger partial charge in [0.15, 0.2) is 0 Å². The second-order valence-electron chi connectivity index (χ2n) is 7.23. The van der Waals surface area contributed by atoms with Crippen LogP contribution in [0.25, 0.3) is 10.9 Å². The minimum atomic E-state index is -2.61. The number of aromatic amines is 1. The molecule has 0 atom stereocenters. The average Bonchev–Trinajstić information content (AvgIpc) is 3.04. The molecule has 152 valence electrons. The lowest BCUT2D eigenvalue weighted by molar-refractivity contribution is -0.0384. The average molecular weight is 421 g/mol. The van der Waals surface area contributed by atoms with Crippen LogP contribution in [0.3, 0.4) is 0 Å². The van der Waals surface area contributed by atoms with E-state index < -0.39 is 12.0 Å². The summed E-state index contributed by atoms with van der Waals surface area (Å²) in [6, 6.07) is 5.86. The number of amides is 2. The molecule has 1 saturated carbocycles. The van der Waals surface area contributed by atoms with Crippen LogP contribution in [-0.4, -0.2) is 27.0 Å². The summed E-state index contributed by atoms with van der Waals surface area (Å²) < 4.78 is 26.7. The summed E-state index contributed by atoms with van der Waals surface area (Å²) in [5, 5.41) is 16.0. The third-order valence-corrected chi connectivity index (χ3v) is 5.45. The van der Waals surface area contributed by atoms with Gasteiger partial charge in [-0.3, -0.25) is 4.98 Å². The van der Waals surface area contributed by atoms with Crippen molar-refractivity contribution < 1.29 is 18.7 Å². The molecular formula is C20H19ClF2N4O2. The Bertz CT molecular complexity index is 1060. The summed E-state index contributed by atoms with van der Waals surface area (Å²) in [4.78, 5) is 19.6. The van der Waals surface area contributed by atoms with Gasteiger partial charge in [-0.2, -0.15) is 0 Å². The molecule has 0 bridgehead atoms. The van der Waals surface area contributed by atoms with E-state index in [1.165, 1.54) is 6.20 Å². The number of nitrogens with one attached hydrogen (secondary N) is 3. The lowest BCUT2D eigenvalue weighted by Gasteiger charge is -2.28. The normalized spacial score (nSPS) is 16.7. The van der Waals surface area contributed by atoms with Crippen molar-refractivity contribution >= 4 is 39.9 Å². The molecule has 1 fully saturated rings. The van der Waals surface area contributed by atoms with E-state index in [0.29, 0.717) is 40.3 Å². The number of aromatic nitrogens is 2. The molecule has 2 amide bonds. The molecule has 6 nitrogen and oxygen atoms in total. The Balaban J connectivity index is 1.43. The van der Waals surface area contributed by atoms with Crippen LogP contribution in [0.2, 0.25) is 5.02 Å². The first kappa shape index (κ1) is 19.4. The van der Waals surface area contributed by atoms with Gasteiger partial charge in [-0.25, -0.2) is 13.6 Å². The number of anilines is 2. The highest BCUT2D eigenvalue weighted by molar-refractivity contribution is 6.31. The minimum Gasteiger partial charge on any atom is -0.508 e. The molecule has 0 unspecified atom stereocenters. The fraction of sp³-hybridized carbons (Fsp3) is 0.300. The Kier molecular flexibility index (Phi) is 5.04. The van der Waals surface area contributed by atoms with Gasteiger partial charge in [-0.1, -0.05) is 11.6 Å². The third kappa shape index (κ3) is 4.27. The monoisotopic (exact) mass is 420 g/mol. The quantitative estimate of drug-likeness (QED) is 0.428. The van der Waals surface area contributed by atoms with Gasteiger partial charge in [0.2, 0.25) is 5.92 Å². The van der Waals surface area contributed by atoms with Crippen LogP contribution >= 0.6 is 11.6 Å². The number of carbonyl (C=O) groups is 1. The predicted octanol–water partition coefficient (Wildman–Crippen LogP) is 5.86. The number of rotatable bonds is 3. The van der Waals surface area contributed by atoms with Gasteiger partial charge in [0.1, 0.15) is 5.75 Å². The number of alkyl halides is 2. The number of phenols is 1. The molecular weight excluding hydrogens is 402 g/mol. The van der Waals surface area contributed by atoms with E-state index in [1.54, 1.807) is 30.5 Å². The van der Waals surface area contributed by atoms with Crippen molar-refractivity contribution in [2.24, 2.45) is 0 Å². The number of H-pyrrole nitrogens is 1. The Morgan fingerprint density at radius 2 is 2.00 bits per heavy atom. The highest BCUT2D eigenvalue weighted by atomic mass is 35.5. The van der Waals surface area contributed by atoms with Crippen LogP contribution in [0, 0.1) is 0 Å². The summed E-state index contributed by atoms with van der Waals surface area (Å²) in [5.74, 6) is -2.63. The number of halogens is 3. The summed E-state index contributed by atoms with van der Waals surface area (Å²) >= 11 is 6.30. The molecule has 1 aromatic carbocycles. The smallest absolute Gasteiger partial charge is 0.323 e. The van der Waals surface area contributed by atoms with Crippen LogP contribution in [0.4, 0.5) is 25.0 Å². The van der Waals surface area contributed by atoms with Crippen molar-refractivity contribution in [3.8, 4) is 5.75 Å². The molecule has 9 heteroatoms. The SMILES string of the molecule is O=C(Nc1cnc(C2CCC(F)(F)CC2)c(Cl)c1)Nc1c[nH]c2ccc(O)cc12. The molecule has 1 aliphatic carbocycles. The van der Waals surface area contributed by atoms with Crippen molar-refractivity contribution in [2.75, 3.05) is 10.6 Å². The number of phenolic OH excluding ortho intramolecular Hbond substituents is 1. The minimum absolute atomic E-state index is 0.0904. The van der Waals surface area contributed by atoms with E-state index in [1.807, 2.05) is 0 Å².